The van der Waals surface area contributed by atoms with Crippen LogP contribution in [0.15, 0.2) is 164 Å². The summed E-state index contributed by atoms with van der Waals surface area (Å²) in [6.45, 7) is 2.43. The van der Waals surface area contributed by atoms with E-state index in [1.807, 2.05) is 132 Å². The van der Waals surface area contributed by atoms with Crippen LogP contribution >= 0.6 is 0 Å². The maximum atomic E-state index is 14.6. The Bertz CT molecular complexity index is 1740. The molecule has 6 rings (SSSR count). The normalized spacial score (nSPS) is 11.3. The van der Waals surface area contributed by atoms with E-state index in [4.69, 9.17) is 0 Å². The lowest BCUT2D eigenvalue weighted by atomic mass is 9.97. The molecule has 47 heavy (non-hydrogen) atoms. The van der Waals surface area contributed by atoms with E-state index in [1.54, 1.807) is 6.07 Å². The van der Waals surface area contributed by atoms with E-state index in [2.05, 4.69) is 29.2 Å². The molecule has 0 unspecified atom stereocenters. The van der Waals surface area contributed by atoms with Crippen LogP contribution in [0.5, 0.6) is 0 Å². The Hall–Kier alpha value is -5.29. The highest BCUT2D eigenvalue weighted by atomic mass is 19.4. The van der Waals surface area contributed by atoms with Gasteiger partial charge >= 0.3 is 6.18 Å². The monoisotopic (exact) mass is 626 g/mol. The van der Waals surface area contributed by atoms with Gasteiger partial charge in [-0.3, -0.25) is 0 Å². The molecule has 5 heteroatoms. The second kappa shape index (κ2) is 14.9. The Morgan fingerprint density at radius 3 is 1.13 bits per heavy atom. The number of benzene rings is 6. The van der Waals surface area contributed by atoms with Gasteiger partial charge in [-0.15, -0.1) is 0 Å². The maximum Gasteiger partial charge on any atom is 0.416 e. The summed E-state index contributed by atoms with van der Waals surface area (Å²) in [7, 11) is 0. The van der Waals surface area contributed by atoms with Crippen molar-refractivity contribution in [3.05, 3.63) is 203 Å². The maximum absolute atomic E-state index is 14.6. The average molecular weight is 627 g/mol. The van der Waals surface area contributed by atoms with Gasteiger partial charge in [-0.05, 0) is 64.1 Å². The van der Waals surface area contributed by atoms with Gasteiger partial charge in [0.05, 0.1) is 5.56 Å². The molecule has 0 saturated carbocycles. The van der Waals surface area contributed by atoms with E-state index in [0.29, 0.717) is 18.8 Å². The number of hydrogen-bond donors (Lipinski definition) is 0. The summed E-state index contributed by atoms with van der Waals surface area (Å²) in [6.07, 6.45) is -4.30. The van der Waals surface area contributed by atoms with Crippen molar-refractivity contribution in [3.63, 3.8) is 0 Å². The first-order valence-corrected chi connectivity index (χ1v) is 15.9. The van der Waals surface area contributed by atoms with Crippen molar-refractivity contribution in [3.8, 4) is 0 Å². The zero-order valence-corrected chi connectivity index (χ0v) is 26.2. The van der Waals surface area contributed by atoms with Crippen LogP contribution in [-0.4, -0.2) is 0 Å². The van der Waals surface area contributed by atoms with Gasteiger partial charge < -0.3 is 9.80 Å². The standard InChI is InChI=1S/C42H37F3N2/c43-42(44,45)41-28-40(47(31-36-17-9-3-10-18-36)32-37-19-11-4-12-20-37)26-23-38(41)27-33-21-24-39(25-22-33)46(29-34-13-5-1-6-14-34)30-35-15-7-2-8-16-35/h1-26,28H,27,29-32H2. The molecule has 236 valence electrons. The second-order valence-corrected chi connectivity index (χ2v) is 11.8. The van der Waals surface area contributed by atoms with Gasteiger partial charge in [0.1, 0.15) is 0 Å². The molecule has 0 N–H and O–H groups in total. The zero-order chi connectivity index (χ0) is 32.5. The highest BCUT2D eigenvalue weighted by molar-refractivity contribution is 5.55. The third-order valence-corrected chi connectivity index (χ3v) is 8.33. The third kappa shape index (κ3) is 8.71. The molecule has 0 aromatic heterocycles. The van der Waals surface area contributed by atoms with Gasteiger partial charge in [0.2, 0.25) is 0 Å². The van der Waals surface area contributed by atoms with Crippen molar-refractivity contribution in [2.24, 2.45) is 0 Å². The first-order valence-electron chi connectivity index (χ1n) is 15.9. The molecule has 2 nitrogen and oxygen atoms in total. The summed E-state index contributed by atoms with van der Waals surface area (Å²) in [5.74, 6) is 0. The Morgan fingerprint density at radius 1 is 0.383 bits per heavy atom. The number of rotatable bonds is 12. The molecule has 0 aliphatic heterocycles. The minimum absolute atomic E-state index is 0.185. The first kappa shape index (κ1) is 31.7. The molecule has 0 aliphatic carbocycles. The summed E-state index contributed by atoms with van der Waals surface area (Å²) in [4.78, 5) is 4.30. The van der Waals surface area contributed by atoms with Crippen molar-refractivity contribution < 1.29 is 13.2 Å². The van der Waals surface area contributed by atoms with Gasteiger partial charge in [-0.1, -0.05) is 140 Å². The predicted molar refractivity (Wildman–Crippen MR) is 186 cm³/mol. The molecule has 0 amide bonds. The molecule has 0 heterocycles. The van der Waals surface area contributed by atoms with Crippen molar-refractivity contribution in [1.29, 1.82) is 0 Å². The fraction of sp³-hybridized carbons (Fsp3) is 0.143. The topological polar surface area (TPSA) is 6.48 Å². The fourth-order valence-corrected chi connectivity index (χ4v) is 5.92. The molecule has 6 aromatic carbocycles. The quantitative estimate of drug-likeness (QED) is 0.133. The lowest BCUT2D eigenvalue weighted by Gasteiger charge is -2.27. The van der Waals surface area contributed by atoms with Crippen LogP contribution in [0.4, 0.5) is 24.5 Å². The highest BCUT2D eigenvalue weighted by Gasteiger charge is 2.34. The Morgan fingerprint density at radius 2 is 0.745 bits per heavy atom. The van der Waals surface area contributed by atoms with E-state index < -0.39 is 11.7 Å². The molecular formula is C42H37F3N2. The molecular weight excluding hydrogens is 589 g/mol. The van der Waals surface area contributed by atoms with Crippen LogP contribution in [0.2, 0.25) is 0 Å². The molecule has 0 saturated heterocycles. The van der Waals surface area contributed by atoms with E-state index in [0.717, 1.165) is 35.5 Å². The molecule has 0 atom stereocenters. The number of alkyl halides is 3. The zero-order valence-electron chi connectivity index (χ0n) is 26.2. The summed E-state index contributed by atoms with van der Waals surface area (Å²) in [5.41, 5.74) is 6.51. The van der Waals surface area contributed by atoms with Crippen LogP contribution in [-0.2, 0) is 38.8 Å². The first-order chi connectivity index (χ1) is 22.9. The molecule has 0 aliphatic rings. The minimum atomic E-state index is -4.49. The number of halogens is 3. The van der Waals surface area contributed by atoms with Crippen LogP contribution < -0.4 is 9.80 Å². The Labute approximate surface area is 275 Å². The summed E-state index contributed by atoms with van der Waals surface area (Å²) in [6, 6.07) is 53.0. The van der Waals surface area contributed by atoms with Gasteiger partial charge in [0.15, 0.2) is 0 Å². The SMILES string of the molecule is FC(F)(F)c1cc(N(Cc2ccccc2)Cc2ccccc2)ccc1Cc1ccc(N(Cc2ccccc2)Cc2ccccc2)cc1. The van der Waals surface area contributed by atoms with Crippen LogP contribution in [0, 0.1) is 0 Å². The average Bonchev–Trinajstić information content (AvgIpc) is 3.10. The van der Waals surface area contributed by atoms with E-state index in [-0.39, 0.29) is 12.0 Å². The largest absolute Gasteiger partial charge is 0.416 e. The fourth-order valence-electron chi connectivity index (χ4n) is 5.92. The van der Waals surface area contributed by atoms with E-state index in [9.17, 15) is 13.2 Å². The van der Waals surface area contributed by atoms with Gasteiger partial charge in [-0.2, -0.15) is 13.2 Å². The number of anilines is 2. The molecule has 0 fully saturated rings. The van der Waals surface area contributed by atoms with Gasteiger partial charge in [0, 0.05) is 37.6 Å². The van der Waals surface area contributed by atoms with Crippen molar-refractivity contribution in [2.45, 2.75) is 38.8 Å². The van der Waals surface area contributed by atoms with Crippen molar-refractivity contribution in [2.75, 3.05) is 9.80 Å². The molecule has 0 radical (unpaired) electrons. The van der Waals surface area contributed by atoms with Gasteiger partial charge in [-0.25, -0.2) is 0 Å². The van der Waals surface area contributed by atoms with Gasteiger partial charge in [0.25, 0.3) is 0 Å². The minimum Gasteiger partial charge on any atom is -0.363 e. The van der Waals surface area contributed by atoms with Crippen molar-refractivity contribution >= 4 is 11.4 Å². The lowest BCUT2D eigenvalue weighted by Crippen LogP contribution is -2.23. The highest BCUT2D eigenvalue weighted by Crippen LogP contribution is 2.36. The Kier molecular flexibility index (Phi) is 10.0. The summed E-state index contributed by atoms with van der Waals surface area (Å²) < 4.78 is 43.8. The molecule has 0 bridgehead atoms. The molecule has 6 aromatic rings. The molecule has 0 spiro atoms. The van der Waals surface area contributed by atoms with Crippen LogP contribution in [0.25, 0.3) is 0 Å². The smallest absolute Gasteiger partial charge is 0.363 e. The predicted octanol–water partition coefficient (Wildman–Crippen LogP) is 10.7. The third-order valence-electron chi connectivity index (χ3n) is 8.33. The van der Waals surface area contributed by atoms with E-state index >= 15 is 0 Å². The number of hydrogen-bond acceptors (Lipinski definition) is 2. The van der Waals surface area contributed by atoms with Crippen LogP contribution in [0.1, 0.15) is 38.9 Å². The van der Waals surface area contributed by atoms with Crippen LogP contribution in [0.3, 0.4) is 0 Å². The van der Waals surface area contributed by atoms with E-state index in [1.165, 1.54) is 17.2 Å². The summed E-state index contributed by atoms with van der Waals surface area (Å²) in [5, 5.41) is 0. The summed E-state index contributed by atoms with van der Waals surface area (Å²) >= 11 is 0. The Balaban J connectivity index is 1.26. The second-order valence-electron chi connectivity index (χ2n) is 11.8. The lowest BCUT2D eigenvalue weighted by molar-refractivity contribution is -0.138. The number of nitrogens with zero attached hydrogens (tertiary/aromatic N) is 2. The van der Waals surface area contributed by atoms with Crippen molar-refractivity contribution in [1.82, 2.24) is 0 Å².